The Kier molecular flexibility index (Phi) is 2.97. The fraction of sp³-hybridized carbons (Fsp3) is 0.143. The van der Waals surface area contributed by atoms with Gasteiger partial charge in [-0.1, -0.05) is 11.3 Å². The summed E-state index contributed by atoms with van der Waals surface area (Å²) in [7, 11) is 0. The van der Waals surface area contributed by atoms with E-state index in [4.69, 9.17) is 0 Å². The average molecular weight is 258 g/mol. The van der Waals surface area contributed by atoms with Crippen LogP contribution in [0.4, 0.5) is 10.1 Å². The van der Waals surface area contributed by atoms with Crippen LogP contribution in [0, 0.1) is 10.1 Å². The average Bonchev–Trinajstić information content (AvgIpc) is 2.83. The Bertz CT molecular complexity index is 558. The zero-order valence-corrected chi connectivity index (χ0v) is 9.43. The summed E-state index contributed by atoms with van der Waals surface area (Å²) in [5.74, 6) is 0. The molecule has 0 radical (unpaired) electrons. The van der Waals surface area contributed by atoms with Gasteiger partial charge in [0, 0.05) is 11.1 Å². The Balaban J connectivity index is 1.99. The quantitative estimate of drug-likeness (QED) is 0.638. The number of nitro groups is 1. The predicted molar refractivity (Wildman–Crippen MR) is 61.0 cm³/mol. The largest absolute Gasteiger partial charge is 0.356 e. The van der Waals surface area contributed by atoms with Crippen LogP contribution in [0.2, 0.25) is 0 Å². The second-order valence-electron chi connectivity index (χ2n) is 2.79. The van der Waals surface area contributed by atoms with Crippen molar-refractivity contribution in [2.45, 2.75) is 6.54 Å². The van der Waals surface area contributed by atoms with Gasteiger partial charge in [0.25, 0.3) is 0 Å². The molecule has 0 saturated carbocycles. The van der Waals surface area contributed by atoms with Gasteiger partial charge in [-0.25, -0.2) is 4.98 Å². The van der Waals surface area contributed by atoms with Crippen molar-refractivity contribution >= 4 is 32.8 Å². The molecule has 2 heterocycles. The third kappa shape index (κ3) is 2.44. The van der Waals surface area contributed by atoms with Crippen LogP contribution in [0.25, 0.3) is 0 Å². The van der Waals surface area contributed by atoms with Crippen LogP contribution < -0.4 is 10.2 Å². The van der Waals surface area contributed by atoms with Crippen molar-refractivity contribution in [2.24, 2.45) is 0 Å². The van der Waals surface area contributed by atoms with E-state index in [1.165, 1.54) is 6.20 Å². The van der Waals surface area contributed by atoms with Crippen molar-refractivity contribution in [1.29, 1.82) is 0 Å². The first-order valence-electron chi connectivity index (χ1n) is 4.16. The summed E-state index contributed by atoms with van der Waals surface area (Å²) >= 11 is 2.03. The number of thiazole rings is 2. The number of nitrogens with one attached hydrogen (secondary N) is 2. The number of aromatic nitrogens is 2. The highest BCUT2D eigenvalue weighted by Crippen LogP contribution is 2.25. The minimum atomic E-state index is -0.491. The third-order valence-electron chi connectivity index (χ3n) is 1.67. The summed E-state index contributed by atoms with van der Waals surface area (Å²) in [4.78, 5) is 27.1. The van der Waals surface area contributed by atoms with Crippen LogP contribution in [-0.2, 0) is 6.54 Å². The topological polar surface area (TPSA) is 101 Å². The SMILES string of the molecule is O=c1[nH]c(CNc2ncc([N+](=O)[O-])s2)cs1. The van der Waals surface area contributed by atoms with Crippen molar-refractivity contribution in [3.8, 4) is 0 Å². The summed E-state index contributed by atoms with van der Waals surface area (Å²) < 4.78 is 0. The van der Waals surface area contributed by atoms with E-state index in [-0.39, 0.29) is 9.87 Å². The first-order valence-corrected chi connectivity index (χ1v) is 5.85. The summed E-state index contributed by atoms with van der Waals surface area (Å²) in [6.45, 7) is 0.392. The highest BCUT2D eigenvalue weighted by molar-refractivity contribution is 7.18. The molecule has 0 aliphatic rings. The molecule has 2 rings (SSSR count). The van der Waals surface area contributed by atoms with Gasteiger partial charge in [-0.05, 0) is 11.3 Å². The second-order valence-corrected chi connectivity index (χ2v) is 4.64. The molecule has 0 aliphatic carbocycles. The Morgan fingerprint density at radius 3 is 3.00 bits per heavy atom. The van der Waals surface area contributed by atoms with Gasteiger partial charge >= 0.3 is 9.87 Å². The maximum atomic E-state index is 10.8. The van der Waals surface area contributed by atoms with Gasteiger partial charge in [-0.15, -0.1) is 0 Å². The first-order chi connectivity index (χ1) is 7.65. The fourth-order valence-electron chi connectivity index (χ4n) is 1.00. The lowest BCUT2D eigenvalue weighted by Crippen LogP contribution is -2.02. The molecule has 0 bridgehead atoms. The Morgan fingerprint density at radius 1 is 1.62 bits per heavy atom. The van der Waals surface area contributed by atoms with Crippen molar-refractivity contribution in [3.05, 3.63) is 37.1 Å². The molecule has 2 aromatic heterocycles. The normalized spacial score (nSPS) is 10.2. The number of aromatic amines is 1. The lowest BCUT2D eigenvalue weighted by molar-refractivity contribution is -0.380. The lowest BCUT2D eigenvalue weighted by Gasteiger charge is -1.97. The summed E-state index contributed by atoms with van der Waals surface area (Å²) in [6, 6.07) is 0. The Labute approximate surface area is 96.9 Å². The van der Waals surface area contributed by atoms with E-state index in [2.05, 4.69) is 15.3 Å². The zero-order chi connectivity index (χ0) is 11.5. The number of H-pyrrole nitrogens is 1. The van der Waals surface area contributed by atoms with Gasteiger partial charge in [-0.2, -0.15) is 0 Å². The van der Waals surface area contributed by atoms with Crippen molar-refractivity contribution in [1.82, 2.24) is 9.97 Å². The molecule has 0 aromatic carbocycles. The number of rotatable bonds is 4. The summed E-state index contributed by atoms with van der Waals surface area (Å²) in [6.07, 6.45) is 1.20. The van der Waals surface area contributed by atoms with E-state index in [1.54, 1.807) is 5.38 Å². The van der Waals surface area contributed by atoms with Gasteiger partial charge in [0.15, 0.2) is 5.13 Å². The molecular formula is C7H6N4O3S2. The minimum Gasteiger partial charge on any atom is -0.356 e. The second kappa shape index (κ2) is 4.41. The molecular weight excluding hydrogens is 252 g/mol. The highest BCUT2D eigenvalue weighted by Gasteiger charge is 2.10. The van der Waals surface area contributed by atoms with E-state index in [1.807, 2.05) is 0 Å². The van der Waals surface area contributed by atoms with Gasteiger partial charge in [0.1, 0.15) is 6.20 Å². The summed E-state index contributed by atoms with van der Waals surface area (Å²) in [5.41, 5.74) is 0.729. The third-order valence-corrected chi connectivity index (χ3v) is 3.30. The number of anilines is 1. The van der Waals surface area contributed by atoms with E-state index in [9.17, 15) is 14.9 Å². The molecule has 16 heavy (non-hydrogen) atoms. The number of nitrogens with zero attached hydrogens (tertiary/aromatic N) is 2. The lowest BCUT2D eigenvalue weighted by atomic mass is 10.5. The maximum Gasteiger partial charge on any atom is 0.345 e. The van der Waals surface area contributed by atoms with Crippen molar-refractivity contribution in [3.63, 3.8) is 0 Å². The molecule has 0 aliphatic heterocycles. The van der Waals surface area contributed by atoms with E-state index < -0.39 is 4.92 Å². The molecule has 2 aromatic rings. The first kappa shape index (κ1) is 10.8. The van der Waals surface area contributed by atoms with Crippen LogP contribution in [0.1, 0.15) is 5.69 Å². The Morgan fingerprint density at radius 2 is 2.44 bits per heavy atom. The minimum absolute atomic E-state index is 0.0127. The van der Waals surface area contributed by atoms with E-state index in [0.717, 1.165) is 28.4 Å². The number of hydrogen-bond acceptors (Lipinski definition) is 7. The standard InChI is InChI=1S/C7H6N4O3S2/c12-7-10-4(3-15-7)1-8-6-9-2-5(16-6)11(13)14/h2-3H,1H2,(H,8,9)(H,10,12). The van der Waals surface area contributed by atoms with Gasteiger partial charge in [0.05, 0.1) is 11.5 Å². The van der Waals surface area contributed by atoms with E-state index in [0.29, 0.717) is 11.7 Å². The molecule has 0 unspecified atom stereocenters. The van der Waals surface area contributed by atoms with Gasteiger partial charge in [0.2, 0.25) is 0 Å². The van der Waals surface area contributed by atoms with Crippen LogP contribution in [0.5, 0.6) is 0 Å². The van der Waals surface area contributed by atoms with Crippen molar-refractivity contribution in [2.75, 3.05) is 5.32 Å². The maximum absolute atomic E-state index is 10.8. The molecule has 0 atom stereocenters. The molecule has 2 N–H and O–H groups in total. The molecule has 7 nitrogen and oxygen atoms in total. The Hall–Kier alpha value is -1.74. The molecule has 0 amide bonds. The van der Waals surface area contributed by atoms with Crippen molar-refractivity contribution < 1.29 is 4.92 Å². The van der Waals surface area contributed by atoms with Crippen LogP contribution in [0.15, 0.2) is 16.4 Å². The monoisotopic (exact) mass is 258 g/mol. The molecule has 9 heteroatoms. The summed E-state index contributed by atoms with van der Waals surface area (Å²) in [5, 5.41) is 15.4. The molecule has 84 valence electrons. The highest BCUT2D eigenvalue weighted by atomic mass is 32.1. The van der Waals surface area contributed by atoms with Gasteiger partial charge in [-0.3, -0.25) is 14.9 Å². The molecule has 0 saturated heterocycles. The van der Waals surface area contributed by atoms with Gasteiger partial charge < -0.3 is 10.3 Å². The van der Waals surface area contributed by atoms with Crippen LogP contribution >= 0.6 is 22.7 Å². The fourth-order valence-corrected chi connectivity index (χ4v) is 2.21. The number of hydrogen-bond donors (Lipinski definition) is 2. The van der Waals surface area contributed by atoms with Crippen LogP contribution in [0.3, 0.4) is 0 Å². The zero-order valence-electron chi connectivity index (χ0n) is 7.80. The molecule has 0 spiro atoms. The molecule has 0 fully saturated rings. The van der Waals surface area contributed by atoms with E-state index >= 15 is 0 Å². The predicted octanol–water partition coefficient (Wildman–Crippen LogP) is 1.41. The smallest absolute Gasteiger partial charge is 0.345 e. The van der Waals surface area contributed by atoms with Crippen LogP contribution in [-0.4, -0.2) is 14.9 Å².